The van der Waals surface area contributed by atoms with Gasteiger partial charge in [0.25, 0.3) is 0 Å². The molecule has 2 fully saturated rings. The number of thiazole rings is 1. The minimum Gasteiger partial charge on any atom is -0.393 e. The molecule has 29 heavy (non-hydrogen) atoms. The van der Waals surface area contributed by atoms with Crippen LogP contribution < -0.4 is 0 Å². The molecule has 0 aromatic carbocycles. The van der Waals surface area contributed by atoms with Crippen molar-refractivity contribution in [1.29, 1.82) is 0 Å². The van der Waals surface area contributed by atoms with Gasteiger partial charge in [0, 0.05) is 6.20 Å². The Morgan fingerprint density at radius 3 is 2.59 bits per heavy atom. The van der Waals surface area contributed by atoms with Crippen molar-refractivity contribution in [1.82, 2.24) is 4.98 Å². The highest BCUT2D eigenvalue weighted by molar-refractivity contribution is 7.10. The summed E-state index contributed by atoms with van der Waals surface area (Å²) >= 11 is 1.84. The van der Waals surface area contributed by atoms with Crippen molar-refractivity contribution in [2.45, 2.75) is 85.2 Å². The minimum atomic E-state index is -0.116. The number of nitrogens with zero attached hydrogens (tertiary/aromatic N) is 1. The molecule has 3 heteroatoms. The van der Waals surface area contributed by atoms with Gasteiger partial charge in [-0.2, -0.15) is 0 Å². The van der Waals surface area contributed by atoms with E-state index >= 15 is 0 Å². The minimum absolute atomic E-state index is 0.116. The summed E-state index contributed by atoms with van der Waals surface area (Å²) in [5.74, 6) is 3.02. The Kier molecular flexibility index (Phi) is 4.86. The van der Waals surface area contributed by atoms with E-state index in [0.717, 1.165) is 30.6 Å². The van der Waals surface area contributed by atoms with Crippen molar-refractivity contribution in [2.24, 2.45) is 34.5 Å². The predicted octanol–water partition coefficient (Wildman–Crippen LogP) is 6.88. The normalized spacial score (nSPS) is 44.2. The van der Waals surface area contributed by atoms with E-state index in [1.807, 2.05) is 16.8 Å². The van der Waals surface area contributed by atoms with Crippen LogP contribution in [0, 0.1) is 34.5 Å². The van der Waals surface area contributed by atoms with Crippen LogP contribution in [0.4, 0.5) is 0 Å². The second kappa shape index (κ2) is 7.05. The van der Waals surface area contributed by atoms with Crippen molar-refractivity contribution < 1.29 is 5.11 Å². The first-order chi connectivity index (χ1) is 13.9. The Morgan fingerprint density at radius 2 is 1.90 bits per heavy atom. The van der Waals surface area contributed by atoms with Crippen LogP contribution in [0.15, 0.2) is 28.9 Å². The fraction of sp³-hybridized carbons (Fsp3) is 0.731. The zero-order valence-electron chi connectivity index (χ0n) is 18.6. The first-order valence-corrected chi connectivity index (χ1v) is 12.8. The Hall–Kier alpha value is -0.930. The predicted molar refractivity (Wildman–Crippen MR) is 122 cm³/mol. The van der Waals surface area contributed by atoms with Crippen molar-refractivity contribution >= 4 is 16.9 Å². The lowest BCUT2D eigenvalue weighted by Gasteiger charge is -2.59. The van der Waals surface area contributed by atoms with E-state index in [1.165, 1.54) is 43.4 Å². The molecule has 4 aliphatic rings. The number of aliphatic hydroxyl groups is 1. The first kappa shape index (κ1) is 20.0. The quantitative estimate of drug-likeness (QED) is 0.550. The van der Waals surface area contributed by atoms with E-state index in [-0.39, 0.29) is 6.10 Å². The standard InChI is InChI=1S/C26H37NOS/c1-5-16-11-18-13-19(28)7-9-25(18,3)20-8-10-26(4)21(23(16)20)12-17(6-2)24(26)22-14-27-15-29-22/h11,14-16,19-21,23,28H,5-10,12-13H2,1-4H3/t16?,19?,20-,21+,23-,25+,26+/m1/s1. The average Bonchev–Trinajstić information content (AvgIpc) is 3.32. The molecule has 0 amide bonds. The molecule has 7 atom stereocenters. The van der Waals surface area contributed by atoms with Gasteiger partial charge in [-0.05, 0) is 91.4 Å². The molecular formula is C26H37NOS. The van der Waals surface area contributed by atoms with Crippen LogP contribution in [-0.2, 0) is 0 Å². The van der Waals surface area contributed by atoms with Gasteiger partial charge in [-0.1, -0.05) is 44.9 Å². The molecule has 0 saturated heterocycles. The average molecular weight is 412 g/mol. The summed E-state index contributed by atoms with van der Waals surface area (Å²) in [5.41, 5.74) is 7.60. The SMILES string of the molecule is CCC1=C(c2cncs2)[C@@]2(C)CC[C@@H]3[C@@H](C(CC)C=C4CC(O)CC[C@@]43C)[C@@H]2C1. The maximum atomic E-state index is 10.4. The molecule has 0 aliphatic heterocycles. The number of rotatable bonds is 3. The lowest BCUT2D eigenvalue weighted by atomic mass is 9.45. The Morgan fingerprint density at radius 1 is 1.10 bits per heavy atom. The van der Waals surface area contributed by atoms with Crippen LogP contribution in [0.2, 0.25) is 0 Å². The Bertz CT molecular complexity index is 839. The molecule has 2 saturated carbocycles. The molecule has 1 heterocycles. The summed E-state index contributed by atoms with van der Waals surface area (Å²) in [4.78, 5) is 5.87. The van der Waals surface area contributed by atoms with Crippen LogP contribution in [0.3, 0.4) is 0 Å². The Balaban J connectivity index is 1.58. The second-order valence-corrected chi connectivity index (χ2v) is 11.6. The first-order valence-electron chi connectivity index (χ1n) is 11.9. The molecule has 158 valence electrons. The van der Waals surface area contributed by atoms with Gasteiger partial charge >= 0.3 is 0 Å². The highest BCUT2D eigenvalue weighted by Gasteiger charge is 2.59. The van der Waals surface area contributed by atoms with Crippen molar-refractivity contribution in [3.05, 3.63) is 33.8 Å². The van der Waals surface area contributed by atoms with Gasteiger partial charge in [0.05, 0.1) is 16.5 Å². The van der Waals surface area contributed by atoms with Gasteiger partial charge in [-0.25, -0.2) is 0 Å². The number of aromatic nitrogens is 1. The topological polar surface area (TPSA) is 33.1 Å². The third-order valence-electron chi connectivity index (χ3n) is 9.60. The highest BCUT2D eigenvalue weighted by atomic mass is 32.1. The lowest BCUT2D eigenvalue weighted by Crippen LogP contribution is -2.52. The molecule has 4 aliphatic carbocycles. The largest absolute Gasteiger partial charge is 0.393 e. The summed E-state index contributed by atoms with van der Waals surface area (Å²) in [5, 5.41) is 10.4. The summed E-state index contributed by atoms with van der Waals surface area (Å²) < 4.78 is 0. The number of aliphatic hydroxyl groups excluding tert-OH is 1. The monoisotopic (exact) mass is 411 g/mol. The maximum absolute atomic E-state index is 10.4. The van der Waals surface area contributed by atoms with E-state index in [9.17, 15) is 5.11 Å². The van der Waals surface area contributed by atoms with Crippen LogP contribution in [-0.4, -0.2) is 16.2 Å². The van der Waals surface area contributed by atoms with Gasteiger partial charge in [0.15, 0.2) is 0 Å². The van der Waals surface area contributed by atoms with Crippen molar-refractivity contribution in [3.63, 3.8) is 0 Å². The fourth-order valence-corrected chi connectivity index (χ4v) is 8.95. The van der Waals surface area contributed by atoms with Gasteiger partial charge in [0.2, 0.25) is 0 Å². The van der Waals surface area contributed by atoms with Crippen molar-refractivity contribution in [3.8, 4) is 0 Å². The van der Waals surface area contributed by atoms with E-state index in [0.29, 0.717) is 16.7 Å². The molecule has 1 N–H and O–H groups in total. The summed E-state index contributed by atoms with van der Waals surface area (Å²) in [6.45, 7) is 9.88. The number of fused-ring (bicyclic) bond motifs is 5. The maximum Gasteiger partial charge on any atom is 0.0797 e. The van der Waals surface area contributed by atoms with Gasteiger partial charge in [-0.3, -0.25) is 4.98 Å². The molecule has 0 spiro atoms. The second-order valence-electron chi connectivity index (χ2n) is 10.7. The third-order valence-corrected chi connectivity index (χ3v) is 10.4. The third kappa shape index (κ3) is 2.79. The molecule has 2 unspecified atom stereocenters. The zero-order chi connectivity index (χ0) is 20.4. The summed E-state index contributed by atoms with van der Waals surface area (Å²) in [7, 11) is 0. The molecule has 5 rings (SSSR count). The Labute approximate surface area is 180 Å². The number of hydrogen-bond acceptors (Lipinski definition) is 3. The molecule has 2 nitrogen and oxygen atoms in total. The fourth-order valence-electron chi connectivity index (χ4n) is 8.10. The van der Waals surface area contributed by atoms with Gasteiger partial charge < -0.3 is 5.11 Å². The molecule has 1 aromatic heterocycles. The molecule has 0 radical (unpaired) electrons. The van der Waals surface area contributed by atoms with Crippen LogP contribution in [0.25, 0.3) is 5.57 Å². The van der Waals surface area contributed by atoms with Crippen LogP contribution in [0.5, 0.6) is 0 Å². The van der Waals surface area contributed by atoms with E-state index in [2.05, 4.69) is 45.0 Å². The number of hydrogen-bond donors (Lipinski definition) is 1. The summed E-state index contributed by atoms with van der Waals surface area (Å²) in [6, 6.07) is 0. The van der Waals surface area contributed by atoms with Crippen LogP contribution >= 0.6 is 11.3 Å². The van der Waals surface area contributed by atoms with E-state index in [4.69, 9.17) is 0 Å². The van der Waals surface area contributed by atoms with E-state index in [1.54, 1.807) is 16.7 Å². The van der Waals surface area contributed by atoms with Gasteiger partial charge in [-0.15, -0.1) is 11.3 Å². The van der Waals surface area contributed by atoms with Gasteiger partial charge in [0.1, 0.15) is 0 Å². The molecular weight excluding hydrogens is 374 g/mol. The molecule has 0 bridgehead atoms. The molecule has 1 aromatic rings. The van der Waals surface area contributed by atoms with E-state index < -0.39 is 0 Å². The highest BCUT2D eigenvalue weighted by Crippen LogP contribution is 2.69. The van der Waals surface area contributed by atoms with Crippen LogP contribution in [0.1, 0.15) is 83.9 Å². The zero-order valence-corrected chi connectivity index (χ0v) is 19.4. The summed E-state index contributed by atoms with van der Waals surface area (Å²) in [6.07, 6.45) is 14.1. The smallest absolute Gasteiger partial charge is 0.0797 e. The van der Waals surface area contributed by atoms with Crippen molar-refractivity contribution in [2.75, 3.05) is 0 Å². The number of allylic oxidation sites excluding steroid dienone is 3. The lowest BCUT2D eigenvalue weighted by molar-refractivity contribution is -0.0467.